The van der Waals surface area contributed by atoms with Crippen molar-refractivity contribution in [3.8, 4) is 5.88 Å². The van der Waals surface area contributed by atoms with Gasteiger partial charge in [0.1, 0.15) is 0 Å². The Bertz CT molecular complexity index is 246. The molecule has 1 heterocycles. The number of hydrogen-bond acceptors (Lipinski definition) is 1. The van der Waals surface area contributed by atoms with Crippen LogP contribution in [0.15, 0.2) is 6.07 Å². The van der Waals surface area contributed by atoms with Crippen LogP contribution in [0.3, 0.4) is 0 Å². The lowest BCUT2D eigenvalue weighted by atomic mass is 10.4. The Kier molecular flexibility index (Phi) is 1.54. The summed E-state index contributed by atoms with van der Waals surface area (Å²) in [4.78, 5) is 0. The van der Waals surface area contributed by atoms with E-state index in [9.17, 15) is 18.3 Å². The zero-order valence-corrected chi connectivity index (χ0v) is 5.51. The molecule has 0 saturated heterocycles. The van der Waals surface area contributed by atoms with Crippen molar-refractivity contribution in [2.24, 2.45) is 7.05 Å². The predicted octanol–water partition coefficient (Wildman–Crippen LogP) is 1.58. The average Bonchev–Trinajstić information content (AvgIpc) is 2.11. The molecule has 0 atom stereocenters. The maximum Gasteiger partial charge on any atom is 0.435 e. The summed E-state index contributed by atoms with van der Waals surface area (Å²) in [7, 11) is 1.16. The molecule has 0 saturated carbocycles. The molecular formula is C5H4F3N2O. The van der Waals surface area contributed by atoms with Gasteiger partial charge in [-0.3, -0.25) is 5.11 Å². The van der Waals surface area contributed by atoms with Gasteiger partial charge in [-0.1, -0.05) is 0 Å². The van der Waals surface area contributed by atoms with Gasteiger partial charge in [0.25, 0.3) is 5.88 Å². The molecular weight excluding hydrogens is 161 g/mol. The van der Waals surface area contributed by atoms with Crippen molar-refractivity contribution in [1.29, 1.82) is 0 Å². The number of rotatable bonds is 0. The molecule has 0 spiro atoms. The molecule has 0 aliphatic rings. The van der Waals surface area contributed by atoms with Gasteiger partial charge in [-0.05, 0) is 0 Å². The number of nitrogens with zero attached hydrogens (tertiary/aromatic N) is 2. The highest BCUT2D eigenvalue weighted by atomic mass is 19.4. The highest BCUT2D eigenvalue weighted by Gasteiger charge is 2.34. The zero-order chi connectivity index (χ0) is 8.65. The van der Waals surface area contributed by atoms with Crippen LogP contribution in [0.25, 0.3) is 0 Å². The first-order valence-corrected chi connectivity index (χ1v) is 2.69. The third-order valence-electron chi connectivity index (χ3n) is 1.13. The average molecular weight is 165 g/mol. The minimum atomic E-state index is -4.53. The van der Waals surface area contributed by atoms with Crippen LogP contribution < -0.4 is 0 Å². The molecule has 6 heteroatoms. The first kappa shape index (κ1) is 7.90. The number of alkyl halides is 3. The largest absolute Gasteiger partial charge is 0.435 e. The predicted molar refractivity (Wildman–Crippen MR) is 28.3 cm³/mol. The van der Waals surface area contributed by atoms with Gasteiger partial charge in [-0.15, -0.1) is 0 Å². The summed E-state index contributed by atoms with van der Waals surface area (Å²) in [6, 6.07) is 0.458. The van der Waals surface area contributed by atoms with E-state index < -0.39 is 17.8 Å². The summed E-state index contributed by atoms with van der Waals surface area (Å²) in [5.74, 6) is -0.752. The number of halogens is 3. The lowest BCUT2D eigenvalue weighted by Crippen LogP contribution is -2.06. The van der Waals surface area contributed by atoms with Crippen LogP contribution >= 0.6 is 0 Å². The Labute approximate surface area is 60.1 Å². The van der Waals surface area contributed by atoms with Gasteiger partial charge in [0.05, 0.1) is 0 Å². The molecule has 0 aliphatic heterocycles. The second-order valence-corrected chi connectivity index (χ2v) is 1.99. The molecule has 1 radical (unpaired) electrons. The minimum absolute atomic E-state index is 0.458. The Morgan fingerprint density at radius 1 is 1.55 bits per heavy atom. The van der Waals surface area contributed by atoms with Crippen molar-refractivity contribution in [1.82, 2.24) is 9.78 Å². The molecule has 61 valence electrons. The van der Waals surface area contributed by atoms with Gasteiger partial charge in [0.2, 0.25) is 0 Å². The topological polar surface area (TPSA) is 37.7 Å². The van der Waals surface area contributed by atoms with E-state index in [1.54, 1.807) is 0 Å². The second-order valence-electron chi connectivity index (χ2n) is 1.99. The van der Waals surface area contributed by atoms with Crippen LogP contribution in [0, 0.1) is 0 Å². The van der Waals surface area contributed by atoms with E-state index in [0.717, 1.165) is 7.05 Å². The van der Waals surface area contributed by atoms with E-state index in [2.05, 4.69) is 5.10 Å². The van der Waals surface area contributed by atoms with E-state index in [1.807, 2.05) is 0 Å². The normalized spacial score (nSPS) is 12.0. The highest BCUT2D eigenvalue weighted by Crippen LogP contribution is 2.29. The molecule has 0 aliphatic carbocycles. The molecule has 1 aromatic rings. The Balaban J connectivity index is 3.08. The summed E-state index contributed by atoms with van der Waals surface area (Å²) >= 11 is 0. The van der Waals surface area contributed by atoms with Crippen molar-refractivity contribution < 1.29 is 18.3 Å². The maximum absolute atomic E-state index is 11.8. The monoisotopic (exact) mass is 165 g/mol. The first-order valence-electron chi connectivity index (χ1n) is 2.69. The molecule has 0 unspecified atom stereocenters. The fourth-order valence-corrected chi connectivity index (χ4v) is 0.589. The molecule has 0 aromatic carbocycles. The quantitative estimate of drug-likeness (QED) is 0.575. The Hall–Kier alpha value is -1.20. The first-order chi connectivity index (χ1) is 4.91. The third kappa shape index (κ3) is 1.44. The number of hydrogen-bond donors (Lipinski definition) is 0. The Morgan fingerprint density at radius 2 is 2.09 bits per heavy atom. The molecule has 1 rings (SSSR count). The van der Waals surface area contributed by atoms with Gasteiger partial charge in [-0.25, -0.2) is 4.68 Å². The van der Waals surface area contributed by atoms with E-state index in [4.69, 9.17) is 0 Å². The van der Waals surface area contributed by atoms with Gasteiger partial charge in [0.15, 0.2) is 5.69 Å². The van der Waals surface area contributed by atoms with E-state index in [1.165, 1.54) is 0 Å². The summed E-state index contributed by atoms with van der Waals surface area (Å²) in [6.45, 7) is 0. The smallest absolute Gasteiger partial charge is 0.268 e. The molecule has 3 nitrogen and oxygen atoms in total. The van der Waals surface area contributed by atoms with Gasteiger partial charge in [-0.2, -0.15) is 18.3 Å². The van der Waals surface area contributed by atoms with Crippen molar-refractivity contribution in [2.45, 2.75) is 6.18 Å². The van der Waals surface area contributed by atoms with Crippen molar-refractivity contribution >= 4 is 0 Å². The molecule has 1 aromatic heterocycles. The lowest BCUT2D eigenvalue weighted by Gasteiger charge is -1.98. The minimum Gasteiger partial charge on any atom is -0.268 e. The second kappa shape index (κ2) is 2.14. The van der Waals surface area contributed by atoms with E-state index in [0.29, 0.717) is 10.7 Å². The maximum atomic E-state index is 11.8. The summed E-state index contributed by atoms with van der Waals surface area (Å²) < 4.78 is 35.9. The summed E-state index contributed by atoms with van der Waals surface area (Å²) in [5, 5.41) is 13.4. The Morgan fingerprint density at radius 3 is 2.27 bits per heavy atom. The molecule has 11 heavy (non-hydrogen) atoms. The van der Waals surface area contributed by atoms with Crippen LogP contribution in [-0.2, 0) is 18.3 Å². The third-order valence-corrected chi connectivity index (χ3v) is 1.13. The van der Waals surface area contributed by atoms with E-state index >= 15 is 0 Å². The molecule has 0 amide bonds. The zero-order valence-electron chi connectivity index (χ0n) is 5.51. The fourth-order valence-electron chi connectivity index (χ4n) is 0.589. The van der Waals surface area contributed by atoms with Crippen LogP contribution in [0.4, 0.5) is 13.2 Å². The van der Waals surface area contributed by atoms with Crippen LogP contribution in [0.2, 0.25) is 0 Å². The number of aromatic nitrogens is 2. The van der Waals surface area contributed by atoms with E-state index in [-0.39, 0.29) is 0 Å². The van der Waals surface area contributed by atoms with Gasteiger partial charge >= 0.3 is 6.18 Å². The van der Waals surface area contributed by atoms with Crippen molar-refractivity contribution in [3.63, 3.8) is 0 Å². The standard InChI is InChI=1S/C5H4F3N2O/c1-10-4(11)2-3(9-10)5(6,7)8/h2H,1H3. The molecule has 0 fully saturated rings. The number of aryl methyl sites for hydroxylation is 1. The van der Waals surface area contributed by atoms with Gasteiger partial charge < -0.3 is 0 Å². The molecule has 0 N–H and O–H groups in total. The van der Waals surface area contributed by atoms with Gasteiger partial charge in [0, 0.05) is 13.1 Å². The lowest BCUT2D eigenvalue weighted by molar-refractivity contribution is -0.141. The van der Waals surface area contributed by atoms with Crippen LogP contribution in [0.5, 0.6) is 5.88 Å². The summed E-state index contributed by atoms with van der Waals surface area (Å²) in [5.41, 5.74) is -1.15. The summed E-state index contributed by atoms with van der Waals surface area (Å²) in [6.07, 6.45) is -4.53. The SMILES string of the molecule is Cn1nc(C(F)(F)F)cc1[O]. The van der Waals surface area contributed by atoms with Crippen LogP contribution in [0.1, 0.15) is 5.69 Å². The fraction of sp³-hybridized carbons (Fsp3) is 0.400. The molecule has 0 bridgehead atoms. The van der Waals surface area contributed by atoms with Crippen molar-refractivity contribution in [2.75, 3.05) is 0 Å². The highest BCUT2D eigenvalue weighted by molar-refractivity contribution is 5.15. The van der Waals surface area contributed by atoms with Crippen molar-refractivity contribution in [3.05, 3.63) is 11.8 Å². The van der Waals surface area contributed by atoms with Crippen LogP contribution in [-0.4, -0.2) is 9.78 Å².